The highest BCUT2D eigenvalue weighted by Crippen LogP contribution is 2.21. The zero-order chi connectivity index (χ0) is 13.1. The van der Waals surface area contributed by atoms with Crippen LogP contribution in [0.2, 0.25) is 5.02 Å². The smallest absolute Gasteiger partial charge is 0.255 e. The summed E-state index contributed by atoms with van der Waals surface area (Å²) in [6.45, 7) is 1.89. The van der Waals surface area contributed by atoms with Crippen molar-refractivity contribution in [3.8, 4) is 0 Å². The molecule has 0 radical (unpaired) electrons. The van der Waals surface area contributed by atoms with E-state index in [-0.39, 0.29) is 5.91 Å². The van der Waals surface area contributed by atoms with Crippen molar-refractivity contribution in [2.24, 2.45) is 0 Å². The zero-order valence-corrected chi connectivity index (χ0v) is 11.9. The van der Waals surface area contributed by atoms with Crippen LogP contribution in [-0.2, 0) is 0 Å². The predicted octanol–water partition coefficient (Wildman–Crippen LogP) is 4.06. The van der Waals surface area contributed by atoms with Gasteiger partial charge in [0.25, 0.3) is 5.91 Å². The molecule has 0 saturated carbocycles. The largest absolute Gasteiger partial charge is 0.320 e. The maximum atomic E-state index is 12.0. The van der Waals surface area contributed by atoms with Crippen molar-refractivity contribution < 1.29 is 4.79 Å². The highest BCUT2D eigenvalue weighted by molar-refractivity contribution is 9.10. The van der Waals surface area contributed by atoms with Crippen LogP contribution in [0.4, 0.5) is 5.69 Å². The summed E-state index contributed by atoms with van der Waals surface area (Å²) in [7, 11) is 0. The number of nitrogens with one attached hydrogen (secondary N) is 1. The fourth-order valence-corrected chi connectivity index (χ4v) is 1.94. The number of hydrogen-bond donors (Lipinski definition) is 1. The normalized spacial score (nSPS) is 10.2. The fraction of sp³-hybridized carbons (Fsp3) is 0.0769. The Kier molecular flexibility index (Phi) is 3.99. The lowest BCUT2D eigenvalue weighted by Gasteiger charge is -2.07. The minimum Gasteiger partial charge on any atom is -0.320 e. The van der Waals surface area contributed by atoms with Gasteiger partial charge in [-0.25, -0.2) is 4.98 Å². The molecule has 1 aromatic heterocycles. The van der Waals surface area contributed by atoms with E-state index < -0.39 is 0 Å². The number of hydrogen-bond acceptors (Lipinski definition) is 2. The lowest BCUT2D eigenvalue weighted by Crippen LogP contribution is -2.12. The number of rotatable bonds is 2. The van der Waals surface area contributed by atoms with Crippen LogP contribution in [-0.4, -0.2) is 10.9 Å². The molecule has 0 aliphatic heterocycles. The van der Waals surface area contributed by atoms with Crippen LogP contribution in [0.1, 0.15) is 15.9 Å². The standard InChI is InChI=1S/C13H10BrClN2O/c1-8-4-5-9(7-10(8)15)13(18)17-11-3-2-6-16-12(11)14/h2-7H,1H3,(H,17,18). The molecule has 0 saturated heterocycles. The number of carbonyl (C=O) groups excluding carboxylic acids is 1. The molecule has 92 valence electrons. The van der Waals surface area contributed by atoms with E-state index in [0.29, 0.717) is 20.9 Å². The molecule has 5 heteroatoms. The van der Waals surface area contributed by atoms with Gasteiger partial charge in [-0.15, -0.1) is 0 Å². The van der Waals surface area contributed by atoms with Gasteiger partial charge < -0.3 is 5.32 Å². The second-order valence-corrected chi connectivity index (χ2v) is 4.92. The van der Waals surface area contributed by atoms with Crippen LogP contribution in [0.15, 0.2) is 41.1 Å². The lowest BCUT2D eigenvalue weighted by atomic mass is 10.1. The van der Waals surface area contributed by atoms with Gasteiger partial charge in [0, 0.05) is 16.8 Å². The van der Waals surface area contributed by atoms with Gasteiger partial charge in [-0.1, -0.05) is 17.7 Å². The Bertz CT molecular complexity index is 601. The van der Waals surface area contributed by atoms with Crippen molar-refractivity contribution in [3.05, 3.63) is 57.3 Å². The van der Waals surface area contributed by atoms with Crippen molar-refractivity contribution in [3.63, 3.8) is 0 Å². The molecule has 0 bridgehead atoms. The Morgan fingerprint density at radius 3 is 2.83 bits per heavy atom. The first-order valence-corrected chi connectivity index (χ1v) is 6.43. The Labute approximate surface area is 118 Å². The summed E-state index contributed by atoms with van der Waals surface area (Å²) in [5.41, 5.74) is 2.08. The Morgan fingerprint density at radius 2 is 2.17 bits per heavy atom. The van der Waals surface area contributed by atoms with Crippen LogP contribution >= 0.6 is 27.5 Å². The van der Waals surface area contributed by atoms with Crippen molar-refractivity contribution in [1.82, 2.24) is 4.98 Å². The van der Waals surface area contributed by atoms with Gasteiger partial charge in [0.1, 0.15) is 4.60 Å². The Balaban J connectivity index is 2.22. The number of aryl methyl sites for hydroxylation is 1. The van der Waals surface area contributed by atoms with Gasteiger partial charge in [0.15, 0.2) is 0 Å². The first-order valence-electron chi connectivity index (χ1n) is 5.26. The summed E-state index contributed by atoms with van der Waals surface area (Å²) in [4.78, 5) is 16.0. The van der Waals surface area contributed by atoms with Crippen LogP contribution in [0.3, 0.4) is 0 Å². The van der Waals surface area contributed by atoms with Gasteiger partial charge in [0.05, 0.1) is 5.69 Å². The summed E-state index contributed by atoms with van der Waals surface area (Å²) in [5, 5.41) is 3.34. The van der Waals surface area contributed by atoms with E-state index in [4.69, 9.17) is 11.6 Å². The molecule has 0 spiro atoms. The number of benzene rings is 1. The van der Waals surface area contributed by atoms with Gasteiger partial charge in [-0.05, 0) is 52.7 Å². The number of anilines is 1. The Hall–Kier alpha value is -1.39. The van der Waals surface area contributed by atoms with E-state index >= 15 is 0 Å². The van der Waals surface area contributed by atoms with E-state index in [1.807, 2.05) is 13.0 Å². The van der Waals surface area contributed by atoms with Gasteiger partial charge >= 0.3 is 0 Å². The predicted molar refractivity (Wildman–Crippen MR) is 76.1 cm³/mol. The molecule has 2 rings (SSSR count). The second-order valence-electron chi connectivity index (χ2n) is 3.76. The van der Waals surface area contributed by atoms with E-state index in [1.165, 1.54) is 0 Å². The van der Waals surface area contributed by atoms with E-state index in [9.17, 15) is 4.79 Å². The maximum Gasteiger partial charge on any atom is 0.255 e. The third-order valence-electron chi connectivity index (χ3n) is 2.44. The number of halogens is 2. The van der Waals surface area contributed by atoms with E-state index in [1.54, 1.807) is 30.5 Å². The third kappa shape index (κ3) is 2.89. The van der Waals surface area contributed by atoms with E-state index in [2.05, 4.69) is 26.2 Å². The van der Waals surface area contributed by atoms with Gasteiger partial charge in [-0.2, -0.15) is 0 Å². The minimum atomic E-state index is -0.217. The molecular weight excluding hydrogens is 316 g/mol. The monoisotopic (exact) mass is 324 g/mol. The lowest BCUT2D eigenvalue weighted by molar-refractivity contribution is 0.102. The molecule has 3 nitrogen and oxygen atoms in total. The average Bonchev–Trinajstić information content (AvgIpc) is 2.35. The summed E-state index contributed by atoms with van der Waals surface area (Å²) in [6.07, 6.45) is 1.64. The fourth-order valence-electron chi connectivity index (χ4n) is 1.41. The van der Waals surface area contributed by atoms with Crippen molar-refractivity contribution in [2.75, 3.05) is 5.32 Å². The molecule has 1 aromatic carbocycles. The summed E-state index contributed by atoms with van der Waals surface area (Å²) >= 11 is 9.26. The van der Waals surface area contributed by atoms with Gasteiger partial charge in [-0.3, -0.25) is 4.79 Å². The first-order chi connectivity index (χ1) is 8.58. The number of aromatic nitrogens is 1. The average molecular weight is 326 g/mol. The SMILES string of the molecule is Cc1ccc(C(=O)Nc2cccnc2Br)cc1Cl. The van der Waals surface area contributed by atoms with Crippen molar-refractivity contribution >= 4 is 39.1 Å². The van der Waals surface area contributed by atoms with E-state index in [0.717, 1.165) is 5.56 Å². The second kappa shape index (κ2) is 5.50. The molecule has 0 unspecified atom stereocenters. The molecule has 18 heavy (non-hydrogen) atoms. The highest BCUT2D eigenvalue weighted by atomic mass is 79.9. The van der Waals surface area contributed by atoms with Crippen molar-refractivity contribution in [1.29, 1.82) is 0 Å². The number of carbonyl (C=O) groups is 1. The molecule has 1 N–H and O–H groups in total. The number of amides is 1. The van der Waals surface area contributed by atoms with Crippen LogP contribution < -0.4 is 5.32 Å². The molecule has 0 fully saturated rings. The van der Waals surface area contributed by atoms with Crippen LogP contribution in [0.5, 0.6) is 0 Å². The molecular formula is C13H10BrClN2O. The maximum absolute atomic E-state index is 12.0. The number of nitrogens with zero attached hydrogens (tertiary/aromatic N) is 1. The topological polar surface area (TPSA) is 42.0 Å². The van der Waals surface area contributed by atoms with Crippen LogP contribution in [0.25, 0.3) is 0 Å². The molecule has 2 aromatic rings. The summed E-state index contributed by atoms with van der Waals surface area (Å²) in [6, 6.07) is 8.72. The first kappa shape index (κ1) is 13.1. The Morgan fingerprint density at radius 1 is 1.39 bits per heavy atom. The minimum absolute atomic E-state index is 0.217. The summed E-state index contributed by atoms with van der Waals surface area (Å²) in [5.74, 6) is -0.217. The van der Waals surface area contributed by atoms with Crippen molar-refractivity contribution in [2.45, 2.75) is 6.92 Å². The quantitative estimate of drug-likeness (QED) is 0.846. The van der Waals surface area contributed by atoms with Gasteiger partial charge in [0.2, 0.25) is 0 Å². The molecule has 0 aliphatic rings. The summed E-state index contributed by atoms with van der Waals surface area (Å²) < 4.78 is 0.594. The molecule has 0 aliphatic carbocycles. The zero-order valence-electron chi connectivity index (χ0n) is 9.58. The third-order valence-corrected chi connectivity index (χ3v) is 3.48. The van der Waals surface area contributed by atoms with Crippen LogP contribution in [0, 0.1) is 6.92 Å². The molecule has 0 atom stereocenters. The molecule has 1 heterocycles. The number of pyridine rings is 1. The molecule has 1 amide bonds. The highest BCUT2D eigenvalue weighted by Gasteiger charge is 2.09.